The highest BCUT2D eigenvalue weighted by Gasteiger charge is 2.16. The van der Waals surface area contributed by atoms with Gasteiger partial charge in [0.15, 0.2) is 0 Å². The number of hydrogen-bond donors (Lipinski definition) is 3. The zero-order chi connectivity index (χ0) is 16.1. The van der Waals surface area contributed by atoms with Crippen molar-refractivity contribution in [3.63, 3.8) is 0 Å². The lowest BCUT2D eigenvalue weighted by atomic mass is 10.0. The van der Waals surface area contributed by atoms with Gasteiger partial charge in [-0.3, -0.25) is 4.79 Å². The Kier molecular flexibility index (Phi) is 5.41. The van der Waals surface area contributed by atoms with Crippen LogP contribution in [0.25, 0.3) is 0 Å². The van der Waals surface area contributed by atoms with Crippen molar-refractivity contribution in [3.8, 4) is 0 Å². The summed E-state index contributed by atoms with van der Waals surface area (Å²) in [6.45, 7) is 1.79. The van der Waals surface area contributed by atoms with Gasteiger partial charge in [-0.2, -0.15) is 0 Å². The summed E-state index contributed by atoms with van der Waals surface area (Å²) in [5, 5.41) is 12.9. The van der Waals surface area contributed by atoms with Gasteiger partial charge in [-0.25, -0.2) is 4.39 Å². The normalized spacial score (nSPS) is 13.4. The molecule has 2 atom stereocenters. The minimum atomic E-state index is -0.777. The van der Waals surface area contributed by atoms with E-state index in [4.69, 9.17) is 12.2 Å². The topological polar surface area (TPSA) is 65.1 Å². The minimum Gasteiger partial charge on any atom is -0.388 e. The fraction of sp³-hybridized carbons (Fsp3) is 0.250. The van der Waals surface area contributed by atoms with Crippen LogP contribution >= 0.6 is 12.2 Å². The maximum Gasteiger partial charge on any atom is 0.254 e. The third-order valence-corrected chi connectivity index (χ3v) is 3.61. The summed E-state index contributed by atoms with van der Waals surface area (Å²) in [5.74, 6) is -0.642. The molecular formula is C16H17FN2O2S. The molecule has 0 aliphatic rings. The average molecular weight is 320 g/mol. The maximum atomic E-state index is 12.9. The predicted molar refractivity (Wildman–Crippen MR) is 84.5 cm³/mol. The Morgan fingerprint density at radius 1 is 1.36 bits per heavy atom. The summed E-state index contributed by atoms with van der Waals surface area (Å²) in [5.41, 5.74) is 1.00. The molecule has 0 fully saturated rings. The molecule has 0 radical (unpaired) electrons. The van der Waals surface area contributed by atoms with Crippen LogP contribution < -0.4 is 5.32 Å². The van der Waals surface area contributed by atoms with Crippen molar-refractivity contribution in [3.05, 3.63) is 64.2 Å². The van der Waals surface area contributed by atoms with Crippen LogP contribution in [0, 0.1) is 10.5 Å². The fourth-order valence-electron chi connectivity index (χ4n) is 2.12. The maximum absolute atomic E-state index is 12.9. The van der Waals surface area contributed by atoms with Crippen molar-refractivity contribution >= 4 is 18.1 Å². The number of carbonyl (C=O) groups excluding carboxylic acids is 1. The number of rotatable bonds is 5. The van der Waals surface area contributed by atoms with E-state index >= 15 is 0 Å². The van der Waals surface area contributed by atoms with Gasteiger partial charge in [0.1, 0.15) is 10.5 Å². The van der Waals surface area contributed by atoms with Crippen LogP contribution in [-0.2, 0) is 0 Å². The largest absolute Gasteiger partial charge is 0.388 e. The molecule has 6 heteroatoms. The molecule has 0 saturated heterocycles. The smallest absolute Gasteiger partial charge is 0.254 e. The van der Waals surface area contributed by atoms with Gasteiger partial charge in [0.25, 0.3) is 5.91 Å². The lowest BCUT2D eigenvalue weighted by Gasteiger charge is -2.18. The molecule has 0 aliphatic heterocycles. The molecule has 1 aromatic carbocycles. The van der Waals surface area contributed by atoms with Crippen molar-refractivity contribution in [2.45, 2.75) is 25.5 Å². The number of carbonyl (C=O) groups is 1. The first-order valence-electron chi connectivity index (χ1n) is 6.89. The molecule has 1 amide bonds. The van der Waals surface area contributed by atoms with Crippen molar-refractivity contribution in [2.75, 3.05) is 0 Å². The van der Waals surface area contributed by atoms with E-state index in [-0.39, 0.29) is 17.8 Å². The molecule has 2 rings (SSSR count). The molecular weight excluding hydrogens is 303 g/mol. The van der Waals surface area contributed by atoms with E-state index in [2.05, 4.69) is 10.3 Å². The van der Waals surface area contributed by atoms with Crippen LogP contribution in [0.2, 0.25) is 0 Å². The number of aromatic amines is 1. The first-order valence-corrected chi connectivity index (χ1v) is 7.30. The highest BCUT2D eigenvalue weighted by atomic mass is 32.1. The number of halogens is 1. The Bertz CT molecular complexity index is 700. The molecule has 1 heterocycles. The molecule has 1 aromatic heterocycles. The molecule has 3 N–H and O–H groups in total. The Morgan fingerprint density at radius 2 is 2.05 bits per heavy atom. The van der Waals surface area contributed by atoms with Gasteiger partial charge in [-0.15, -0.1) is 0 Å². The molecule has 4 nitrogen and oxygen atoms in total. The van der Waals surface area contributed by atoms with E-state index in [1.807, 2.05) is 0 Å². The van der Waals surface area contributed by atoms with Crippen molar-refractivity contribution in [2.24, 2.45) is 0 Å². The molecule has 0 unspecified atom stereocenters. The number of amides is 1. The second-order valence-electron chi connectivity index (χ2n) is 5.09. The Balaban J connectivity index is 1.96. The van der Waals surface area contributed by atoms with E-state index < -0.39 is 6.10 Å². The van der Waals surface area contributed by atoms with Gasteiger partial charge in [-0.1, -0.05) is 24.4 Å². The third-order valence-electron chi connectivity index (χ3n) is 3.27. The number of H-pyrrole nitrogens is 1. The van der Waals surface area contributed by atoms with Gasteiger partial charge in [-0.05, 0) is 43.2 Å². The summed E-state index contributed by atoms with van der Waals surface area (Å²) in [6.07, 6.45) is 1.20. The number of aliphatic hydroxyl groups excluding tert-OH is 1. The van der Waals surface area contributed by atoms with Crippen LogP contribution in [-0.4, -0.2) is 22.0 Å². The van der Waals surface area contributed by atoms with Gasteiger partial charge in [0.2, 0.25) is 0 Å². The molecule has 0 aliphatic carbocycles. The Labute approximate surface area is 133 Å². The number of aromatic nitrogens is 1. The Morgan fingerprint density at radius 3 is 2.68 bits per heavy atom. The van der Waals surface area contributed by atoms with E-state index in [1.54, 1.807) is 25.3 Å². The number of aliphatic hydroxyl groups is 1. The van der Waals surface area contributed by atoms with Crippen LogP contribution in [0.15, 0.2) is 42.6 Å². The van der Waals surface area contributed by atoms with Crippen LogP contribution in [0.3, 0.4) is 0 Å². The minimum absolute atomic E-state index is 0.262. The molecule has 0 spiro atoms. The molecule has 0 saturated carbocycles. The van der Waals surface area contributed by atoms with E-state index in [0.717, 1.165) is 0 Å². The summed E-state index contributed by atoms with van der Waals surface area (Å²) in [7, 11) is 0. The number of benzene rings is 1. The van der Waals surface area contributed by atoms with Crippen molar-refractivity contribution < 1.29 is 14.3 Å². The van der Waals surface area contributed by atoms with E-state index in [9.17, 15) is 14.3 Å². The van der Waals surface area contributed by atoms with Gasteiger partial charge in [0.05, 0.1) is 11.7 Å². The summed E-state index contributed by atoms with van der Waals surface area (Å²) in [4.78, 5) is 14.9. The van der Waals surface area contributed by atoms with Crippen LogP contribution in [0.4, 0.5) is 4.39 Å². The van der Waals surface area contributed by atoms with Gasteiger partial charge in [0, 0.05) is 12.2 Å². The van der Waals surface area contributed by atoms with Crippen molar-refractivity contribution in [1.82, 2.24) is 10.3 Å². The highest BCUT2D eigenvalue weighted by molar-refractivity contribution is 7.71. The van der Waals surface area contributed by atoms with Gasteiger partial charge >= 0.3 is 0 Å². The zero-order valence-corrected chi connectivity index (χ0v) is 12.9. The Hall–Kier alpha value is -2.05. The van der Waals surface area contributed by atoms with Crippen molar-refractivity contribution in [1.29, 1.82) is 0 Å². The quantitative estimate of drug-likeness (QED) is 0.742. The number of pyridine rings is 1. The monoisotopic (exact) mass is 320 g/mol. The average Bonchev–Trinajstić information content (AvgIpc) is 2.48. The second kappa shape index (κ2) is 7.29. The fourth-order valence-corrected chi connectivity index (χ4v) is 2.35. The predicted octanol–water partition coefficient (Wildman–Crippen LogP) is 3.13. The summed E-state index contributed by atoms with van der Waals surface area (Å²) in [6, 6.07) is 8.72. The first kappa shape index (κ1) is 16.3. The molecule has 116 valence electrons. The molecule has 0 bridgehead atoms. The lowest BCUT2D eigenvalue weighted by molar-refractivity contribution is 0.0916. The highest BCUT2D eigenvalue weighted by Crippen LogP contribution is 2.18. The second-order valence-corrected chi connectivity index (χ2v) is 5.50. The number of nitrogens with one attached hydrogen (secondary N) is 2. The standard InChI is InChI=1S/C16H17FN2O2S/c1-10(9-14(20)11-4-6-12(17)7-5-11)19-15(21)13-3-2-8-18-16(13)22/h2-8,10,14,20H,9H2,1H3,(H,18,22)(H,19,21)/t10-,14-/m0/s1. The molecule has 2 aromatic rings. The van der Waals surface area contributed by atoms with E-state index in [0.29, 0.717) is 22.2 Å². The number of hydrogen-bond acceptors (Lipinski definition) is 3. The lowest BCUT2D eigenvalue weighted by Crippen LogP contribution is -2.34. The van der Waals surface area contributed by atoms with Crippen LogP contribution in [0.1, 0.15) is 35.4 Å². The van der Waals surface area contributed by atoms with Crippen LogP contribution in [0.5, 0.6) is 0 Å². The van der Waals surface area contributed by atoms with Gasteiger partial charge < -0.3 is 15.4 Å². The summed E-state index contributed by atoms with van der Waals surface area (Å²) >= 11 is 5.06. The molecule has 22 heavy (non-hydrogen) atoms. The zero-order valence-electron chi connectivity index (χ0n) is 12.0. The summed E-state index contributed by atoms with van der Waals surface area (Å²) < 4.78 is 13.2. The first-order chi connectivity index (χ1) is 10.5. The van der Waals surface area contributed by atoms with E-state index in [1.165, 1.54) is 24.3 Å². The third kappa shape index (κ3) is 4.22. The SMILES string of the molecule is C[C@@H](C[C@H](O)c1ccc(F)cc1)NC(=O)c1ccc[nH]c1=S.